The van der Waals surface area contributed by atoms with Crippen molar-refractivity contribution < 1.29 is 0 Å². The van der Waals surface area contributed by atoms with E-state index in [0.29, 0.717) is 0 Å². The molecule has 0 aliphatic carbocycles. The molecule has 0 radical (unpaired) electrons. The summed E-state index contributed by atoms with van der Waals surface area (Å²) in [7, 11) is 0. The van der Waals surface area contributed by atoms with Crippen molar-refractivity contribution in [2.45, 2.75) is 6.04 Å². The fourth-order valence-corrected chi connectivity index (χ4v) is 2.07. The van der Waals surface area contributed by atoms with E-state index in [1.165, 1.54) is 5.56 Å². The summed E-state index contributed by atoms with van der Waals surface area (Å²) in [5.74, 6) is 0. The highest BCUT2D eigenvalue weighted by atomic mass is 15.4. The normalized spacial score (nSPS) is 12.0. The van der Waals surface area contributed by atoms with Gasteiger partial charge in [0, 0.05) is 18.6 Å². The Morgan fingerprint density at radius 2 is 1.58 bits per heavy atom. The second kappa shape index (κ2) is 5.40. The molecule has 19 heavy (non-hydrogen) atoms. The summed E-state index contributed by atoms with van der Waals surface area (Å²) in [4.78, 5) is 4.46. The van der Waals surface area contributed by atoms with E-state index in [0.717, 1.165) is 5.69 Å². The molecule has 3 heteroatoms. The number of rotatable bonds is 4. The monoisotopic (exact) mass is 249 g/mol. The van der Waals surface area contributed by atoms with E-state index in [1.54, 1.807) is 0 Å². The molecule has 0 saturated heterocycles. The number of benzene rings is 1. The van der Waals surface area contributed by atoms with E-state index >= 15 is 0 Å². The first kappa shape index (κ1) is 11.5. The average Bonchev–Trinajstić information content (AvgIpc) is 3.00. The quantitative estimate of drug-likeness (QED) is 0.769. The summed E-state index contributed by atoms with van der Waals surface area (Å²) >= 11 is 0. The van der Waals surface area contributed by atoms with Crippen LogP contribution in [0.25, 0.3) is 0 Å². The van der Waals surface area contributed by atoms with Gasteiger partial charge in [-0.05, 0) is 29.8 Å². The van der Waals surface area contributed by atoms with Gasteiger partial charge in [0.25, 0.3) is 0 Å². The molecule has 1 N–H and O–H groups in total. The van der Waals surface area contributed by atoms with Gasteiger partial charge in [-0.1, -0.05) is 36.4 Å². The Balaban J connectivity index is 1.96. The summed E-state index contributed by atoms with van der Waals surface area (Å²) in [6.07, 6.45) is 5.79. The van der Waals surface area contributed by atoms with E-state index in [9.17, 15) is 0 Å². The molecule has 0 bridgehead atoms. The third kappa shape index (κ3) is 2.65. The minimum absolute atomic E-state index is 0.0369. The molecule has 1 atom stereocenters. The zero-order valence-electron chi connectivity index (χ0n) is 10.5. The lowest BCUT2D eigenvalue weighted by atomic mass is 10.0. The van der Waals surface area contributed by atoms with Crippen molar-refractivity contribution in [2.75, 3.05) is 5.43 Å². The topological polar surface area (TPSA) is 29.9 Å². The first-order valence-electron chi connectivity index (χ1n) is 6.29. The zero-order valence-corrected chi connectivity index (χ0v) is 10.5. The van der Waals surface area contributed by atoms with Gasteiger partial charge in [0.2, 0.25) is 0 Å². The molecular weight excluding hydrogens is 234 g/mol. The van der Waals surface area contributed by atoms with Gasteiger partial charge in [0.15, 0.2) is 0 Å². The van der Waals surface area contributed by atoms with Crippen LogP contribution in [0.4, 0.5) is 0 Å². The van der Waals surface area contributed by atoms with Crippen LogP contribution in [0.1, 0.15) is 17.3 Å². The highest BCUT2D eigenvalue weighted by molar-refractivity contribution is 5.30. The van der Waals surface area contributed by atoms with Gasteiger partial charge in [-0.25, -0.2) is 0 Å². The largest absolute Gasteiger partial charge is 0.313 e. The summed E-state index contributed by atoms with van der Waals surface area (Å²) < 4.78 is 1.95. The van der Waals surface area contributed by atoms with Crippen LogP contribution < -0.4 is 5.43 Å². The van der Waals surface area contributed by atoms with E-state index < -0.39 is 0 Å². The fraction of sp³-hybridized carbons (Fsp3) is 0.0625. The van der Waals surface area contributed by atoms with Crippen LogP contribution in [0.2, 0.25) is 0 Å². The lowest BCUT2D eigenvalue weighted by Crippen LogP contribution is -2.21. The molecule has 0 spiro atoms. The Morgan fingerprint density at radius 1 is 0.842 bits per heavy atom. The van der Waals surface area contributed by atoms with Crippen LogP contribution in [-0.2, 0) is 0 Å². The first-order chi connectivity index (χ1) is 9.43. The fourth-order valence-electron chi connectivity index (χ4n) is 2.07. The van der Waals surface area contributed by atoms with Crippen molar-refractivity contribution in [1.82, 2.24) is 9.66 Å². The maximum Gasteiger partial charge on any atom is 0.109 e. The number of nitrogens with zero attached hydrogens (tertiary/aromatic N) is 2. The standard InChI is InChI=1S/C16H15N3/c1-2-8-14(9-3-1)16(15-10-4-5-11-17-15)18-19-12-6-7-13-19/h1-13,16,18H. The molecule has 3 nitrogen and oxygen atoms in total. The molecule has 2 aromatic heterocycles. The molecule has 94 valence electrons. The zero-order chi connectivity index (χ0) is 12.9. The van der Waals surface area contributed by atoms with E-state index in [-0.39, 0.29) is 6.04 Å². The summed E-state index contributed by atoms with van der Waals surface area (Å²) in [6.45, 7) is 0. The number of aromatic nitrogens is 2. The maximum atomic E-state index is 4.46. The lowest BCUT2D eigenvalue weighted by Gasteiger charge is -2.20. The van der Waals surface area contributed by atoms with Crippen molar-refractivity contribution in [1.29, 1.82) is 0 Å². The van der Waals surface area contributed by atoms with Gasteiger partial charge in [0.05, 0.1) is 5.69 Å². The third-order valence-electron chi connectivity index (χ3n) is 3.00. The highest BCUT2D eigenvalue weighted by Gasteiger charge is 2.14. The number of hydrogen-bond acceptors (Lipinski definition) is 2. The van der Waals surface area contributed by atoms with Crippen LogP contribution in [0.3, 0.4) is 0 Å². The number of nitrogens with one attached hydrogen (secondary N) is 1. The predicted molar refractivity (Wildman–Crippen MR) is 76.3 cm³/mol. The molecule has 0 fully saturated rings. The summed E-state index contributed by atoms with van der Waals surface area (Å²) in [6, 6.07) is 20.3. The van der Waals surface area contributed by atoms with Crippen molar-refractivity contribution in [3.63, 3.8) is 0 Å². The maximum absolute atomic E-state index is 4.46. The van der Waals surface area contributed by atoms with Crippen LogP contribution in [0.15, 0.2) is 79.3 Å². The van der Waals surface area contributed by atoms with Crippen molar-refractivity contribution in [3.8, 4) is 0 Å². The average molecular weight is 249 g/mol. The van der Waals surface area contributed by atoms with Gasteiger partial charge in [0.1, 0.15) is 6.04 Å². The lowest BCUT2D eigenvalue weighted by molar-refractivity contribution is 0.740. The first-order valence-corrected chi connectivity index (χ1v) is 6.29. The van der Waals surface area contributed by atoms with Crippen molar-refractivity contribution in [3.05, 3.63) is 90.5 Å². The molecule has 1 aromatic carbocycles. The van der Waals surface area contributed by atoms with Crippen LogP contribution >= 0.6 is 0 Å². The minimum Gasteiger partial charge on any atom is -0.313 e. The molecule has 0 aliphatic heterocycles. The van der Waals surface area contributed by atoms with E-state index in [4.69, 9.17) is 0 Å². The molecule has 1 unspecified atom stereocenters. The third-order valence-corrected chi connectivity index (χ3v) is 3.00. The predicted octanol–water partition coefficient (Wildman–Crippen LogP) is 3.22. The Hall–Kier alpha value is -2.55. The van der Waals surface area contributed by atoms with Crippen molar-refractivity contribution in [2.24, 2.45) is 0 Å². The molecule has 3 aromatic rings. The highest BCUT2D eigenvalue weighted by Crippen LogP contribution is 2.20. The molecule has 0 saturated carbocycles. The number of pyridine rings is 1. The van der Waals surface area contributed by atoms with Crippen LogP contribution in [0, 0.1) is 0 Å². The second-order valence-corrected chi connectivity index (χ2v) is 4.32. The number of hydrogen-bond donors (Lipinski definition) is 1. The van der Waals surface area contributed by atoms with Crippen LogP contribution in [0.5, 0.6) is 0 Å². The van der Waals surface area contributed by atoms with Crippen molar-refractivity contribution >= 4 is 0 Å². The molecule has 2 heterocycles. The van der Waals surface area contributed by atoms with Gasteiger partial charge < -0.3 is 5.43 Å². The van der Waals surface area contributed by atoms with Gasteiger partial charge >= 0.3 is 0 Å². The minimum atomic E-state index is 0.0369. The Bertz CT molecular complexity index is 564. The SMILES string of the molecule is c1ccc(C(Nn2cccc2)c2ccccn2)cc1. The Labute approximate surface area is 112 Å². The summed E-state index contributed by atoms with van der Waals surface area (Å²) in [5, 5.41) is 0. The van der Waals surface area contributed by atoms with Gasteiger partial charge in [-0.2, -0.15) is 0 Å². The second-order valence-electron chi connectivity index (χ2n) is 4.32. The Kier molecular flexibility index (Phi) is 3.28. The smallest absolute Gasteiger partial charge is 0.109 e. The van der Waals surface area contributed by atoms with E-state index in [2.05, 4.69) is 22.5 Å². The summed E-state index contributed by atoms with van der Waals surface area (Å²) in [5.41, 5.74) is 5.64. The van der Waals surface area contributed by atoms with Gasteiger partial charge in [-0.15, -0.1) is 0 Å². The van der Waals surface area contributed by atoms with Gasteiger partial charge in [-0.3, -0.25) is 9.66 Å². The molecule has 0 amide bonds. The molecular formula is C16H15N3. The molecule has 3 rings (SSSR count). The molecule has 0 aliphatic rings. The Morgan fingerprint density at radius 3 is 2.26 bits per heavy atom. The van der Waals surface area contributed by atoms with Crippen LogP contribution in [-0.4, -0.2) is 9.66 Å². The van der Waals surface area contributed by atoms with E-state index in [1.807, 2.05) is 71.8 Å².